The molecule has 0 saturated heterocycles. The van der Waals surface area contributed by atoms with Crippen LogP contribution in [0, 0.1) is 0 Å². The highest BCUT2D eigenvalue weighted by Crippen LogP contribution is 2.42. The molecule has 2 aromatic heterocycles. The van der Waals surface area contributed by atoms with Crippen LogP contribution in [0.5, 0.6) is 0 Å². The lowest BCUT2D eigenvalue weighted by Gasteiger charge is -2.11. The summed E-state index contributed by atoms with van der Waals surface area (Å²) in [6.45, 7) is 0. The molecule has 0 bridgehead atoms. The Morgan fingerprint density at radius 1 is 0.294 bits per heavy atom. The van der Waals surface area contributed by atoms with Gasteiger partial charge in [0.05, 0.1) is 22.1 Å². The van der Waals surface area contributed by atoms with Crippen LogP contribution < -0.4 is 0 Å². The Hall–Kier alpha value is -6.64. The molecular weight excluding hydrogens is 617 g/mol. The summed E-state index contributed by atoms with van der Waals surface area (Å²) >= 11 is 0. The average molecular weight is 649 g/mol. The van der Waals surface area contributed by atoms with Crippen LogP contribution in [0.1, 0.15) is 11.1 Å². The Balaban J connectivity index is 0.931. The summed E-state index contributed by atoms with van der Waals surface area (Å²) in [6, 6.07) is 66.9. The van der Waals surface area contributed by atoms with Crippen molar-refractivity contribution in [2.45, 2.75) is 6.42 Å². The summed E-state index contributed by atoms with van der Waals surface area (Å²) in [5.74, 6) is 0. The minimum absolute atomic E-state index is 0.977. The van der Waals surface area contributed by atoms with Gasteiger partial charge in [-0.3, -0.25) is 0 Å². The second kappa shape index (κ2) is 10.9. The summed E-state index contributed by atoms with van der Waals surface area (Å²) in [7, 11) is 0. The minimum atomic E-state index is 0.977. The molecule has 8 aromatic carbocycles. The topological polar surface area (TPSA) is 9.86 Å². The normalized spacial score (nSPS) is 12.2. The van der Waals surface area contributed by atoms with E-state index >= 15 is 0 Å². The van der Waals surface area contributed by atoms with E-state index in [4.69, 9.17) is 0 Å². The third-order valence-corrected chi connectivity index (χ3v) is 11.0. The van der Waals surface area contributed by atoms with Crippen molar-refractivity contribution in [3.05, 3.63) is 193 Å². The van der Waals surface area contributed by atoms with Gasteiger partial charge in [0, 0.05) is 32.9 Å². The summed E-state index contributed by atoms with van der Waals surface area (Å²) in [5, 5.41) is 5.14. The Labute approximate surface area is 296 Å². The Morgan fingerprint density at radius 3 is 0.961 bits per heavy atom. The van der Waals surface area contributed by atoms with Gasteiger partial charge in [0.15, 0.2) is 0 Å². The summed E-state index contributed by atoms with van der Waals surface area (Å²) in [6.07, 6.45) is 0.977. The fourth-order valence-corrected chi connectivity index (χ4v) is 8.53. The molecule has 1 aliphatic rings. The van der Waals surface area contributed by atoms with Crippen LogP contribution in [-0.4, -0.2) is 9.13 Å². The fraction of sp³-hybridized carbons (Fsp3) is 0.0204. The zero-order chi connectivity index (χ0) is 33.5. The monoisotopic (exact) mass is 648 g/mol. The second-order valence-electron chi connectivity index (χ2n) is 13.8. The smallest absolute Gasteiger partial charge is 0.0541 e. The number of nitrogens with zero attached hydrogens (tertiary/aromatic N) is 2. The lowest BCUT2D eigenvalue weighted by Crippen LogP contribution is -1.93. The van der Waals surface area contributed by atoms with Crippen LogP contribution in [0.15, 0.2) is 182 Å². The molecular formula is C49H32N2. The van der Waals surface area contributed by atoms with E-state index in [0.717, 1.165) is 6.42 Å². The lowest BCUT2D eigenvalue weighted by atomic mass is 9.96. The summed E-state index contributed by atoms with van der Waals surface area (Å²) in [4.78, 5) is 0. The predicted octanol–water partition coefficient (Wildman–Crippen LogP) is 12.8. The van der Waals surface area contributed by atoms with Crippen molar-refractivity contribution >= 4 is 43.6 Å². The first-order chi connectivity index (χ1) is 25.3. The van der Waals surface area contributed by atoms with E-state index in [-0.39, 0.29) is 0 Å². The molecule has 0 amide bonds. The molecule has 2 heteroatoms. The largest absolute Gasteiger partial charge is 0.309 e. The lowest BCUT2D eigenvalue weighted by molar-refractivity contribution is 1.18. The van der Waals surface area contributed by atoms with E-state index in [1.807, 2.05) is 0 Å². The van der Waals surface area contributed by atoms with Crippen molar-refractivity contribution in [3.8, 4) is 44.8 Å². The minimum Gasteiger partial charge on any atom is -0.309 e. The molecule has 0 unspecified atom stereocenters. The van der Waals surface area contributed by atoms with Gasteiger partial charge in [0.25, 0.3) is 0 Å². The van der Waals surface area contributed by atoms with Crippen molar-refractivity contribution in [3.63, 3.8) is 0 Å². The molecule has 51 heavy (non-hydrogen) atoms. The zero-order valence-electron chi connectivity index (χ0n) is 27.9. The number of fused-ring (bicyclic) bond motifs is 9. The molecule has 0 N–H and O–H groups in total. The van der Waals surface area contributed by atoms with Crippen LogP contribution in [0.3, 0.4) is 0 Å². The fourth-order valence-electron chi connectivity index (χ4n) is 8.53. The molecule has 0 atom stereocenters. The van der Waals surface area contributed by atoms with E-state index in [0.29, 0.717) is 0 Å². The van der Waals surface area contributed by atoms with Gasteiger partial charge in [0.2, 0.25) is 0 Å². The molecule has 0 fully saturated rings. The first-order valence-electron chi connectivity index (χ1n) is 17.7. The Kier molecular flexibility index (Phi) is 6.05. The van der Waals surface area contributed by atoms with E-state index in [1.54, 1.807) is 0 Å². The number of benzene rings is 8. The SMILES string of the molecule is c1ccc2c(c1)c1ccccc1n2-c1ccc(-c2ccc3c(c2)-c2cc(-c4ccc(-n5c6ccccc6c6ccccc65)cc4)ccc2C3)cc1. The van der Waals surface area contributed by atoms with Crippen molar-refractivity contribution in [1.29, 1.82) is 0 Å². The third kappa shape index (κ3) is 4.30. The number of hydrogen-bond acceptors (Lipinski definition) is 0. The maximum Gasteiger partial charge on any atom is 0.0541 e. The molecule has 11 rings (SSSR count). The quantitative estimate of drug-likeness (QED) is 0.180. The van der Waals surface area contributed by atoms with Crippen LogP contribution >= 0.6 is 0 Å². The number of para-hydroxylation sites is 4. The molecule has 2 nitrogen and oxygen atoms in total. The second-order valence-corrected chi connectivity index (χ2v) is 13.8. The van der Waals surface area contributed by atoms with E-state index in [2.05, 4.69) is 191 Å². The molecule has 1 aliphatic carbocycles. The number of aromatic nitrogens is 2. The van der Waals surface area contributed by atoms with Gasteiger partial charge in [0.1, 0.15) is 0 Å². The maximum absolute atomic E-state index is 2.39. The molecule has 2 heterocycles. The number of hydrogen-bond donors (Lipinski definition) is 0. The highest BCUT2D eigenvalue weighted by molar-refractivity contribution is 6.10. The van der Waals surface area contributed by atoms with Crippen molar-refractivity contribution in [1.82, 2.24) is 9.13 Å². The van der Waals surface area contributed by atoms with Gasteiger partial charge in [-0.2, -0.15) is 0 Å². The van der Waals surface area contributed by atoms with Crippen LogP contribution in [0.2, 0.25) is 0 Å². The maximum atomic E-state index is 2.39. The van der Waals surface area contributed by atoms with Crippen molar-refractivity contribution in [2.24, 2.45) is 0 Å². The molecule has 0 aliphatic heterocycles. The molecule has 10 aromatic rings. The van der Waals surface area contributed by atoms with Crippen LogP contribution in [-0.2, 0) is 6.42 Å². The molecule has 238 valence electrons. The van der Waals surface area contributed by atoms with Gasteiger partial charge in [-0.15, -0.1) is 0 Å². The Bertz CT molecular complexity index is 2660. The van der Waals surface area contributed by atoms with Crippen LogP contribution in [0.25, 0.3) is 88.4 Å². The van der Waals surface area contributed by atoms with Gasteiger partial charge in [-0.25, -0.2) is 0 Å². The van der Waals surface area contributed by atoms with E-state index < -0.39 is 0 Å². The first-order valence-corrected chi connectivity index (χ1v) is 17.7. The summed E-state index contributed by atoms with van der Waals surface area (Å²) < 4.78 is 4.76. The van der Waals surface area contributed by atoms with Gasteiger partial charge < -0.3 is 9.13 Å². The van der Waals surface area contributed by atoms with E-state index in [9.17, 15) is 0 Å². The van der Waals surface area contributed by atoms with Gasteiger partial charge >= 0.3 is 0 Å². The first kappa shape index (κ1) is 28.2. The average Bonchev–Trinajstić information content (AvgIpc) is 3.85. The third-order valence-electron chi connectivity index (χ3n) is 11.0. The van der Waals surface area contributed by atoms with E-state index in [1.165, 1.54) is 99.5 Å². The molecule has 0 radical (unpaired) electrons. The Morgan fingerprint density at radius 2 is 0.608 bits per heavy atom. The molecule has 0 saturated carbocycles. The standard InChI is InChI=1S/C49H32N2/c1-5-13-46-40(9-1)41-10-2-6-14-47(41)50(46)38-25-21-32(22-26-38)34-17-19-36-29-37-20-18-35(31-45(37)44(36)30-34)33-23-27-39(28-24-33)51-48-15-7-3-11-42(48)43-12-4-8-16-49(43)51/h1-28,30-31H,29H2. The van der Waals surface area contributed by atoms with Gasteiger partial charge in [-0.05, 0) is 112 Å². The predicted molar refractivity (Wildman–Crippen MR) is 214 cm³/mol. The highest BCUT2D eigenvalue weighted by Gasteiger charge is 2.20. The van der Waals surface area contributed by atoms with Gasteiger partial charge in [-0.1, -0.05) is 121 Å². The van der Waals surface area contributed by atoms with Crippen LogP contribution in [0.4, 0.5) is 0 Å². The van der Waals surface area contributed by atoms with Crippen molar-refractivity contribution in [2.75, 3.05) is 0 Å². The molecule has 0 spiro atoms. The van der Waals surface area contributed by atoms with Crippen molar-refractivity contribution < 1.29 is 0 Å². The summed E-state index contributed by atoms with van der Waals surface area (Å²) in [5.41, 5.74) is 17.7. The highest BCUT2D eigenvalue weighted by atomic mass is 15.0. The zero-order valence-corrected chi connectivity index (χ0v) is 27.9. The number of rotatable bonds is 4.